The first-order valence-corrected chi connectivity index (χ1v) is 7.80. The van der Waals surface area contributed by atoms with E-state index in [9.17, 15) is 14.7 Å². The van der Waals surface area contributed by atoms with Crippen molar-refractivity contribution in [2.75, 3.05) is 19.0 Å². The number of hydrogen-bond acceptors (Lipinski definition) is 5. The van der Waals surface area contributed by atoms with Gasteiger partial charge in [-0.25, -0.2) is 4.79 Å². The highest BCUT2D eigenvalue weighted by molar-refractivity contribution is 9.10. The molecular weight excluding hydrogens is 378 g/mol. The minimum Gasteiger partial charge on any atom is -0.507 e. The SMILES string of the molecule is COc1ccc(C(=O)OCC(=O)Nc2ccc(C)cc2Br)c(O)c1. The molecule has 126 valence electrons. The van der Waals surface area contributed by atoms with Gasteiger partial charge >= 0.3 is 5.97 Å². The molecule has 2 rings (SSSR count). The standard InChI is InChI=1S/C17H16BrNO5/c1-10-3-6-14(13(18)7-10)19-16(21)9-24-17(22)12-5-4-11(23-2)8-15(12)20/h3-8,20H,9H2,1-2H3,(H,19,21). The maximum Gasteiger partial charge on any atom is 0.342 e. The van der Waals surface area contributed by atoms with Gasteiger partial charge in [0.2, 0.25) is 0 Å². The monoisotopic (exact) mass is 393 g/mol. The van der Waals surface area contributed by atoms with Crippen LogP contribution in [0.2, 0.25) is 0 Å². The van der Waals surface area contributed by atoms with Crippen LogP contribution in [0.1, 0.15) is 15.9 Å². The van der Waals surface area contributed by atoms with Crippen LogP contribution in [0.3, 0.4) is 0 Å². The number of anilines is 1. The molecule has 0 fully saturated rings. The predicted molar refractivity (Wildman–Crippen MR) is 92.5 cm³/mol. The van der Waals surface area contributed by atoms with Crippen molar-refractivity contribution in [3.63, 3.8) is 0 Å². The predicted octanol–water partition coefficient (Wildman–Crippen LogP) is 3.27. The van der Waals surface area contributed by atoms with E-state index in [2.05, 4.69) is 21.2 Å². The number of halogens is 1. The maximum atomic E-state index is 11.9. The minimum absolute atomic E-state index is 0.0416. The average Bonchev–Trinajstić information content (AvgIpc) is 2.55. The first-order chi connectivity index (χ1) is 11.4. The maximum absolute atomic E-state index is 11.9. The highest BCUT2D eigenvalue weighted by atomic mass is 79.9. The van der Waals surface area contributed by atoms with E-state index in [1.807, 2.05) is 19.1 Å². The highest BCUT2D eigenvalue weighted by Crippen LogP contribution is 2.25. The number of methoxy groups -OCH3 is 1. The fraction of sp³-hybridized carbons (Fsp3) is 0.176. The zero-order valence-corrected chi connectivity index (χ0v) is 14.7. The van der Waals surface area contributed by atoms with Crippen molar-refractivity contribution in [2.45, 2.75) is 6.92 Å². The molecule has 2 aromatic rings. The van der Waals surface area contributed by atoms with Crippen LogP contribution in [0.4, 0.5) is 5.69 Å². The molecule has 0 aliphatic carbocycles. The lowest BCUT2D eigenvalue weighted by Crippen LogP contribution is -2.21. The van der Waals surface area contributed by atoms with Gasteiger partial charge in [-0.15, -0.1) is 0 Å². The molecule has 2 N–H and O–H groups in total. The lowest BCUT2D eigenvalue weighted by atomic mass is 10.2. The van der Waals surface area contributed by atoms with Gasteiger partial charge in [0.1, 0.15) is 17.1 Å². The summed E-state index contributed by atoms with van der Waals surface area (Å²) in [5.41, 5.74) is 1.58. The molecule has 0 aromatic heterocycles. The quantitative estimate of drug-likeness (QED) is 0.761. The van der Waals surface area contributed by atoms with Crippen molar-refractivity contribution < 1.29 is 24.2 Å². The van der Waals surface area contributed by atoms with Crippen LogP contribution in [-0.2, 0) is 9.53 Å². The van der Waals surface area contributed by atoms with Gasteiger partial charge in [0, 0.05) is 10.5 Å². The molecule has 0 heterocycles. The van der Waals surface area contributed by atoms with E-state index in [4.69, 9.17) is 9.47 Å². The summed E-state index contributed by atoms with van der Waals surface area (Å²) in [5, 5.41) is 12.4. The third-order valence-electron chi connectivity index (χ3n) is 3.16. The second-order valence-electron chi connectivity index (χ2n) is 4.99. The number of rotatable bonds is 5. The third kappa shape index (κ3) is 4.48. The number of aromatic hydroxyl groups is 1. The van der Waals surface area contributed by atoms with Gasteiger partial charge in [-0.2, -0.15) is 0 Å². The summed E-state index contributed by atoms with van der Waals surface area (Å²) in [4.78, 5) is 23.8. The van der Waals surface area contributed by atoms with Crippen LogP contribution in [0.25, 0.3) is 0 Å². The Labute approximate surface area is 147 Å². The molecule has 0 radical (unpaired) electrons. The molecule has 2 aromatic carbocycles. The molecule has 0 aliphatic rings. The molecular formula is C17H16BrNO5. The molecule has 0 saturated carbocycles. The number of carbonyl (C=O) groups excluding carboxylic acids is 2. The van der Waals surface area contributed by atoms with Crippen molar-refractivity contribution >= 4 is 33.5 Å². The van der Waals surface area contributed by atoms with Gasteiger partial charge in [0.25, 0.3) is 5.91 Å². The summed E-state index contributed by atoms with van der Waals surface area (Å²) >= 11 is 3.35. The summed E-state index contributed by atoms with van der Waals surface area (Å²) in [6.45, 7) is 1.46. The number of phenolic OH excluding ortho intramolecular Hbond substituents is 1. The van der Waals surface area contributed by atoms with E-state index in [0.29, 0.717) is 11.4 Å². The lowest BCUT2D eigenvalue weighted by Gasteiger charge is -2.10. The second-order valence-corrected chi connectivity index (χ2v) is 5.85. The lowest BCUT2D eigenvalue weighted by molar-refractivity contribution is -0.119. The summed E-state index contributed by atoms with van der Waals surface area (Å²) in [5.74, 6) is -1.15. The topological polar surface area (TPSA) is 84.9 Å². The van der Waals surface area contributed by atoms with Gasteiger partial charge in [0.05, 0.1) is 12.8 Å². The van der Waals surface area contributed by atoms with E-state index in [1.165, 1.54) is 25.3 Å². The van der Waals surface area contributed by atoms with Crippen LogP contribution < -0.4 is 10.1 Å². The number of aryl methyl sites for hydroxylation is 1. The second kappa shape index (κ2) is 7.83. The van der Waals surface area contributed by atoms with Crippen molar-refractivity contribution in [1.82, 2.24) is 0 Å². The van der Waals surface area contributed by atoms with Crippen LogP contribution >= 0.6 is 15.9 Å². The summed E-state index contributed by atoms with van der Waals surface area (Å²) in [6, 6.07) is 9.62. The Bertz CT molecular complexity index is 776. The van der Waals surface area contributed by atoms with Crippen LogP contribution in [0.5, 0.6) is 11.5 Å². The fourth-order valence-corrected chi connectivity index (χ4v) is 2.52. The van der Waals surface area contributed by atoms with Gasteiger partial charge in [-0.1, -0.05) is 6.07 Å². The van der Waals surface area contributed by atoms with E-state index in [0.717, 1.165) is 10.0 Å². The van der Waals surface area contributed by atoms with Crippen molar-refractivity contribution in [3.05, 3.63) is 52.0 Å². The van der Waals surface area contributed by atoms with E-state index >= 15 is 0 Å². The highest BCUT2D eigenvalue weighted by Gasteiger charge is 2.15. The Morgan fingerprint density at radius 1 is 1.21 bits per heavy atom. The van der Waals surface area contributed by atoms with E-state index in [1.54, 1.807) is 6.07 Å². The number of phenols is 1. The van der Waals surface area contributed by atoms with Gasteiger partial charge in [-0.3, -0.25) is 4.79 Å². The molecule has 0 aliphatic heterocycles. The van der Waals surface area contributed by atoms with Crippen molar-refractivity contribution in [2.24, 2.45) is 0 Å². The van der Waals surface area contributed by atoms with E-state index in [-0.39, 0.29) is 11.3 Å². The molecule has 1 amide bonds. The summed E-state index contributed by atoms with van der Waals surface area (Å²) in [7, 11) is 1.44. The van der Waals surface area contributed by atoms with Crippen LogP contribution in [0.15, 0.2) is 40.9 Å². The fourth-order valence-electron chi connectivity index (χ4n) is 1.93. The molecule has 0 unspecified atom stereocenters. The van der Waals surface area contributed by atoms with Crippen molar-refractivity contribution in [3.8, 4) is 11.5 Å². The molecule has 6 nitrogen and oxygen atoms in total. The Balaban J connectivity index is 1.95. The Hall–Kier alpha value is -2.54. The molecule has 7 heteroatoms. The summed E-state index contributed by atoms with van der Waals surface area (Å²) in [6.07, 6.45) is 0. The smallest absolute Gasteiger partial charge is 0.342 e. The van der Waals surface area contributed by atoms with Gasteiger partial charge in [-0.05, 0) is 52.7 Å². The first kappa shape index (κ1) is 17.8. The van der Waals surface area contributed by atoms with Crippen LogP contribution in [-0.4, -0.2) is 30.7 Å². The van der Waals surface area contributed by atoms with Gasteiger partial charge in [0.15, 0.2) is 6.61 Å². The minimum atomic E-state index is -0.798. The molecule has 0 spiro atoms. The normalized spacial score (nSPS) is 10.1. The third-order valence-corrected chi connectivity index (χ3v) is 3.81. The van der Waals surface area contributed by atoms with Crippen molar-refractivity contribution in [1.29, 1.82) is 0 Å². The number of esters is 1. The number of benzene rings is 2. The first-order valence-electron chi connectivity index (χ1n) is 7.01. The number of hydrogen-bond donors (Lipinski definition) is 2. The number of carbonyl (C=O) groups is 2. The number of ether oxygens (including phenoxy) is 2. The molecule has 0 saturated heterocycles. The Morgan fingerprint density at radius 2 is 1.96 bits per heavy atom. The molecule has 0 bridgehead atoms. The van der Waals surface area contributed by atoms with Gasteiger partial charge < -0.3 is 19.9 Å². The zero-order chi connectivity index (χ0) is 17.7. The Kier molecular flexibility index (Phi) is 5.81. The number of amides is 1. The Morgan fingerprint density at radius 3 is 2.58 bits per heavy atom. The largest absolute Gasteiger partial charge is 0.507 e. The summed E-state index contributed by atoms with van der Waals surface area (Å²) < 4.78 is 10.6. The zero-order valence-electron chi connectivity index (χ0n) is 13.1. The average molecular weight is 394 g/mol. The molecule has 24 heavy (non-hydrogen) atoms. The van der Waals surface area contributed by atoms with E-state index < -0.39 is 18.5 Å². The van der Waals surface area contributed by atoms with Crippen LogP contribution in [0, 0.1) is 6.92 Å². The molecule has 0 atom stereocenters. The number of nitrogens with one attached hydrogen (secondary N) is 1.